The summed E-state index contributed by atoms with van der Waals surface area (Å²) < 4.78 is 1.18. The minimum Gasteiger partial charge on any atom is -0.343 e. The molecule has 0 unspecified atom stereocenters. The summed E-state index contributed by atoms with van der Waals surface area (Å²) in [4.78, 5) is 30.0. The van der Waals surface area contributed by atoms with Gasteiger partial charge in [0.25, 0.3) is 0 Å². The third kappa shape index (κ3) is 4.13. The van der Waals surface area contributed by atoms with Crippen molar-refractivity contribution < 1.29 is 9.59 Å². The minimum atomic E-state index is -0.0498. The van der Waals surface area contributed by atoms with Gasteiger partial charge in [0.05, 0.1) is 5.69 Å². The Hall–Kier alpha value is -1.48. The summed E-state index contributed by atoms with van der Waals surface area (Å²) >= 11 is 3.70. The third-order valence-corrected chi connectivity index (χ3v) is 5.66. The Morgan fingerprint density at radius 1 is 1.25 bits per heavy atom. The molecule has 126 valence electrons. The molecule has 2 heterocycles. The van der Waals surface area contributed by atoms with Crippen LogP contribution in [0.25, 0.3) is 11.3 Å². The van der Waals surface area contributed by atoms with Crippen LogP contribution < -0.4 is 5.32 Å². The lowest BCUT2D eigenvalue weighted by atomic mass is 9.96. The molecular weight excluding hydrogens is 437 g/mol. The Kier molecular flexibility index (Phi) is 5.50. The van der Waals surface area contributed by atoms with E-state index in [1.165, 1.54) is 14.9 Å². The van der Waals surface area contributed by atoms with Crippen molar-refractivity contribution in [1.29, 1.82) is 0 Å². The fourth-order valence-electron chi connectivity index (χ4n) is 2.75. The van der Waals surface area contributed by atoms with E-state index in [-0.39, 0.29) is 17.7 Å². The van der Waals surface area contributed by atoms with Crippen molar-refractivity contribution in [2.24, 2.45) is 5.92 Å². The Morgan fingerprint density at radius 3 is 2.54 bits per heavy atom. The predicted octanol–water partition coefficient (Wildman–Crippen LogP) is 3.61. The number of benzene rings is 1. The van der Waals surface area contributed by atoms with E-state index in [2.05, 4.69) is 32.9 Å². The smallest absolute Gasteiger partial charge is 0.229 e. The van der Waals surface area contributed by atoms with E-state index >= 15 is 0 Å². The van der Waals surface area contributed by atoms with Gasteiger partial charge in [0, 0.05) is 40.4 Å². The average Bonchev–Trinajstić information content (AvgIpc) is 3.04. The van der Waals surface area contributed by atoms with Crippen molar-refractivity contribution in [3.63, 3.8) is 0 Å². The molecule has 1 aromatic carbocycles. The van der Waals surface area contributed by atoms with Crippen molar-refractivity contribution in [3.05, 3.63) is 33.2 Å². The number of nitrogens with zero attached hydrogens (tertiary/aromatic N) is 2. The molecule has 0 saturated carbocycles. The molecule has 0 spiro atoms. The first kappa shape index (κ1) is 17.3. The van der Waals surface area contributed by atoms with E-state index in [1.54, 1.807) is 11.8 Å². The van der Waals surface area contributed by atoms with Crippen LogP contribution in [-0.4, -0.2) is 34.8 Å². The molecular formula is C17H18IN3O2S. The summed E-state index contributed by atoms with van der Waals surface area (Å²) in [6.07, 6.45) is 1.42. The normalized spacial score (nSPS) is 15.3. The number of amides is 2. The molecule has 5 nitrogen and oxygen atoms in total. The predicted molar refractivity (Wildman–Crippen MR) is 104 cm³/mol. The van der Waals surface area contributed by atoms with Gasteiger partial charge in [-0.15, -0.1) is 11.3 Å². The number of hydrogen-bond donors (Lipinski definition) is 1. The lowest BCUT2D eigenvalue weighted by molar-refractivity contribution is -0.132. The number of rotatable bonds is 3. The third-order valence-electron chi connectivity index (χ3n) is 4.19. The first-order valence-corrected chi connectivity index (χ1v) is 9.76. The summed E-state index contributed by atoms with van der Waals surface area (Å²) in [5.74, 6) is 0.0314. The van der Waals surface area contributed by atoms with Crippen molar-refractivity contribution in [2.75, 3.05) is 18.4 Å². The summed E-state index contributed by atoms with van der Waals surface area (Å²) in [7, 11) is 0. The highest BCUT2D eigenvalue weighted by Gasteiger charge is 2.26. The second kappa shape index (κ2) is 7.60. The number of thiazole rings is 1. The van der Waals surface area contributed by atoms with Gasteiger partial charge in [0.15, 0.2) is 5.13 Å². The molecule has 24 heavy (non-hydrogen) atoms. The monoisotopic (exact) mass is 455 g/mol. The molecule has 3 rings (SSSR count). The molecule has 0 bridgehead atoms. The molecule has 7 heteroatoms. The number of carbonyl (C=O) groups is 2. The van der Waals surface area contributed by atoms with Crippen molar-refractivity contribution >= 4 is 50.9 Å². The van der Waals surface area contributed by atoms with Crippen LogP contribution in [-0.2, 0) is 9.59 Å². The number of hydrogen-bond acceptors (Lipinski definition) is 4. The van der Waals surface area contributed by atoms with Crippen LogP contribution in [0.2, 0.25) is 0 Å². The Morgan fingerprint density at radius 2 is 1.92 bits per heavy atom. The second-order valence-electron chi connectivity index (χ2n) is 5.81. The summed E-state index contributed by atoms with van der Waals surface area (Å²) in [5.41, 5.74) is 1.92. The van der Waals surface area contributed by atoms with Crippen LogP contribution in [0.4, 0.5) is 5.13 Å². The maximum absolute atomic E-state index is 12.4. The molecule has 1 aliphatic rings. The number of piperidine rings is 1. The average molecular weight is 455 g/mol. The van der Waals surface area contributed by atoms with Crippen LogP contribution >= 0.6 is 33.9 Å². The number of anilines is 1. The molecule has 2 amide bonds. The number of likely N-dealkylation sites (tertiary alicyclic amines) is 1. The first-order valence-electron chi connectivity index (χ1n) is 7.81. The highest BCUT2D eigenvalue weighted by molar-refractivity contribution is 14.1. The molecule has 1 saturated heterocycles. The lowest BCUT2D eigenvalue weighted by Crippen LogP contribution is -2.40. The quantitative estimate of drug-likeness (QED) is 0.720. The fourth-order valence-corrected chi connectivity index (χ4v) is 3.83. The number of nitrogens with one attached hydrogen (secondary N) is 1. The van der Waals surface area contributed by atoms with Crippen molar-refractivity contribution in [2.45, 2.75) is 19.8 Å². The van der Waals surface area contributed by atoms with Crippen LogP contribution in [0.5, 0.6) is 0 Å². The van der Waals surface area contributed by atoms with E-state index in [1.807, 2.05) is 29.6 Å². The van der Waals surface area contributed by atoms with Crippen LogP contribution in [0.3, 0.4) is 0 Å². The standard InChI is InChI=1S/C17H18IN3O2S/c1-11(22)21-8-6-13(7-9-21)16(23)20-17-19-15(10-24-17)12-2-4-14(18)5-3-12/h2-5,10,13H,6-9H2,1H3,(H,19,20,23). The number of aromatic nitrogens is 1. The Labute approximate surface area is 158 Å². The molecule has 1 fully saturated rings. The van der Waals surface area contributed by atoms with Gasteiger partial charge in [-0.1, -0.05) is 12.1 Å². The first-order chi connectivity index (χ1) is 11.5. The molecule has 1 N–H and O–H groups in total. The van der Waals surface area contributed by atoms with Gasteiger partial charge in [-0.25, -0.2) is 4.98 Å². The molecule has 1 aliphatic heterocycles. The zero-order valence-corrected chi connectivity index (χ0v) is 16.3. The molecule has 1 aromatic heterocycles. The highest BCUT2D eigenvalue weighted by atomic mass is 127. The van der Waals surface area contributed by atoms with E-state index in [0.717, 1.165) is 11.3 Å². The number of carbonyl (C=O) groups excluding carboxylic acids is 2. The fraction of sp³-hybridized carbons (Fsp3) is 0.353. The van der Waals surface area contributed by atoms with Gasteiger partial charge in [-0.3, -0.25) is 9.59 Å². The van der Waals surface area contributed by atoms with E-state index in [4.69, 9.17) is 0 Å². The van der Waals surface area contributed by atoms with Gasteiger partial charge < -0.3 is 10.2 Å². The maximum Gasteiger partial charge on any atom is 0.229 e. The Balaban J connectivity index is 1.59. The van der Waals surface area contributed by atoms with Gasteiger partial charge in [-0.2, -0.15) is 0 Å². The highest BCUT2D eigenvalue weighted by Crippen LogP contribution is 2.26. The lowest BCUT2D eigenvalue weighted by Gasteiger charge is -2.30. The van der Waals surface area contributed by atoms with E-state index in [0.29, 0.717) is 31.1 Å². The summed E-state index contributed by atoms with van der Waals surface area (Å²) in [5, 5.41) is 5.50. The Bertz CT molecular complexity index is 737. The minimum absolute atomic E-state index is 0.00159. The molecule has 2 aromatic rings. The van der Waals surface area contributed by atoms with Crippen molar-refractivity contribution in [1.82, 2.24) is 9.88 Å². The van der Waals surface area contributed by atoms with Gasteiger partial charge in [-0.05, 0) is 47.6 Å². The second-order valence-corrected chi connectivity index (χ2v) is 7.92. The van der Waals surface area contributed by atoms with Gasteiger partial charge in [0.2, 0.25) is 11.8 Å². The largest absolute Gasteiger partial charge is 0.343 e. The van der Waals surface area contributed by atoms with Gasteiger partial charge in [0.1, 0.15) is 0 Å². The topological polar surface area (TPSA) is 62.3 Å². The zero-order chi connectivity index (χ0) is 17.1. The summed E-state index contributed by atoms with van der Waals surface area (Å²) in [6, 6.07) is 8.13. The van der Waals surface area contributed by atoms with Crippen LogP contribution in [0.1, 0.15) is 19.8 Å². The molecule has 0 aliphatic carbocycles. The summed E-state index contributed by atoms with van der Waals surface area (Å²) in [6.45, 7) is 2.88. The van der Waals surface area contributed by atoms with Crippen LogP contribution in [0, 0.1) is 9.49 Å². The van der Waals surface area contributed by atoms with Crippen molar-refractivity contribution in [3.8, 4) is 11.3 Å². The molecule has 0 atom stereocenters. The van der Waals surface area contributed by atoms with E-state index in [9.17, 15) is 9.59 Å². The number of halogens is 1. The molecule has 0 radical (unpaired) electrons. The van der Waals surface area contributed by atoms with Gasteiger partial charge >= 0.3 is 0 Å². The van der Waals surface area contributed by atoms with E-state index < -0.39 is 0 Å². The SMILES string of the molecule is CC(=O)N1CCC(C(=O)Nc2nc(-c3ccc(I)cc3)cs2)CC1. The van der Waals surface area contributed by atoms with Crippen LogP contribution in [0.15, 0.2) is 29.6 Å². The maximum atomic E-state index is 12.4. The zero-order valence-electron chi connectivity index (χ0n) is 13.3.